The Bertz CT molecular complexity index is 1030. The van der Waals surface area contributed by atoms with Gasteiger partial charge in [0.1, 0.15) is 23.8 Å². The molecule has 4 heteroatoms. The molecule has 0 saturated carbocycles. The smallest absolute Gasteiger partial charge is 0.138 e. The molecule has 0 saturated heterocycles. The summed E-state index contributed by atoms with van der Waals surface area (Å²) in [6.07, 6.45) is 0. The summed E-state index contributed by atoms with van der Waals surface area (Å²) in [7, 11) is 0. The van der Waals surface area contributed by atoms with Crippen molar-refractivity contribution in [3.05, 3.63) is 72.1 Å². The van der Waals surface area contributed by atoms with Crippen molar-refractivity contribution >= 4 is 21.8 Å². The first-order valence-corrected chi connectivity index (χ1v) is 8.33. The number of aliphatic hydroxyl groups is 1. The van der Waals surface area contributed by atoms with Gasteiger partial charge in [-0.3, -0.25) is 0 Å². The zero-order chi connectivity index (χ0) is 17.4. The van der Waals surface area contributed by atoms with E-state index in [1.807, 2.05) is 60.7 Å². The highest BCUT2D eigenvalue weighted by Crippen LogP contribution is 2.34. The SMILES string of the molecule is CC(C)(O)c1nc2c(cc(OCc3ccccc3)c3ccccc32)[nH]1. The number of H-pyrrole nitrogens is 1. The van der Waals surface area contributed by atoms with E-state index in [0.29, 0.717) is 12.4 Å². The van der Waals surface area contributed by atoms with Crippen molar-refractivity contribution in [2.24, 2.45) is 0 Å². The Kier molecular flexibility index (Phi) is 3.70. The van der Waals surface area contributed by atoms with Gasteiger partial charge in [0.15, 0.2) is 0 Å². The maximum atomic E-state index is 10.3. The lowest BCUT2D eigenvalue weighted by molar-refractivity contribution is 0.0700. The van der Waals surface area contributed by atoms with Gasteiger partial charge in [0.25, 0.3) is 0 Å². The Morgan fingerprint density at radius 2 is 1.68 bits per heavy atom. The maximum absolute atomic E-state index is 10.3. The predicted octanol–water partition coefficient (Wildman–Crippen LogP) is 4.52. The van der Waals surface area contributed by atoms with E-state index < -0.39 is 5.60 Å². The first kappa shape index (κ1) is 15.7. The van der Waals surface area contributed by atoms with Gasteiger partial charge in [0.2, 0.25) is 0 Å². The van der Waals surface area contributed by atoms with Crippen molar-refractivity contribution < 1.29 is 9.84 Å². The number of nitrogens with zero attached hydrogens (tertiary/aromatic N) is 1. The number of aromatic amines is 1. The van der Waals surface area contributed by atoms with Crippen LogP contribution in [0.1, 0.15) is 25.2 Å². The van der Waals surface area contributed by atoms with Crippen molar-refractivity contribution in [1.29, 1.82) is 0 Å². The second-order valence-electron chi connectivity index (χ2n) is 6.74. The molecular weight excluding hydrogens is 312 g/mol. The molecule has 126 valence electrons. The first-order chi connectivity index (χ1) is 12.0. The summed E-state index contributed by atoms with van der Waals surface area (Å²) >= 11 is 0. The van der Waals surface area contributed by atoms with Gasteiger partial charge in [0.05, 0.1) is 11.0 Å². The third-order valence-corrected chi connectivity index (χ3v) is 4.27. The third-order valence-electron chi connectivity index (χ3n) is 4.27. The molecule has 0 amide bonds. The van der Waals surface area contributed by atoms with Gasteiger partial charge in [-0.15, -0.1) is 0 Å². The number of nitrogens with one attached hydrogen (secondary N) is 1. The third kappa shape index (κ3) is 2.96. The summed E-state index contributed by atoms with van der Waals surface area (Å²) in [5.41, 5.74) is 1.80. The summed E-state index contributed by atoms with van der Waals surface area (Å²) in [6.45, 7) is 3.95. The first-order valence-electron chi connectivity index (χ1n) is 8.33. The van der Waals surface area contributed by atoms with E-state index >= 15 is 0 Å². The van der Waals surface area contributed by atoms with E-state index in [1.165, 1.54) is 0 Å². The molecule has 1 aromatic heterocycles. The zero-order valence-electron chi connectivity index (χ0n) is 14.3. The van der Waals surface area contributed by atoms with Crippen LogP contribution in [0.5, 0.6) is 5.75 Å². The molecule has 4 nitrogen and oxygen atoms in total. The monoisotopic (exact) mass is 332 g/mol. The van der Waals surface area contributed by atoms with Gasteiger partial charge < -0.3 is 14.8 Å². The van der Waals surface area contributed by atoms with Crippen molar-refractivity contribution in [2.75, 3.05) is 0 Å². The number of hydrogen-bond acceptors (Lipinski definition) is 3. The summed E-state index contributed by atoms with van der Waals surface area (Å²) in [4.78, 5) is 7.84. The number of benzene rings is 3. The second kappa shape index (κ2) is 5.90. The average molecular weight is 332 g/mol. The standard InChI is InChI=1S/C21H20N2O2/c1-21(2,24)20-22-17-12-18(25-13-14-8-4-3-5-9-14)15-10-6-7-11-16(15)19(17)23-20/h3-12,24H,13H2,1-2H3,(H,22,23). The summed E-state index contributed by atoms with van der Waals surface area (Å²) in [6, 6.07) is 20.1. The van der Waals surface area contributed by atoms with Crippen LogP contribution in [-0.4, -0.2) is 15.1 Å². The lowest BCUT2D eigenvalue weighted by atomic mass is 10.1. The number of hydrogen-bond donors (Lipinski definition) is 2. The molecule has 0 aliphatic carbocycles. The van der Waals surface area contributed by atoms with Gasteiger partial charge in [-0.25, -0.2) is 4.98 Å². The van der Waals surface area contributed by atoms with Crippen LogP contribution in [-0.2, 0) is 12.2 Å². The predicted molar refractivity (Wildman–Crippen MR) is 99.6 cm³/mol. The average Bonchev–Trinajstić information content (AvgIpc) is 3.05. The topological polar surface area (TPSA) is 58.1 Å². The lowest BCUT2D eigenvalue weighted by Gasteiger charge is -2.12. The van der Waals surface area contributed by atoms with Crippen LogP contribution in [0.25, 0.3) is 21.8 Å². The van der Waals surface area contributed by atoms with Crippen LogP contribution in [0, 0.1) is 0 Å². The molecule has 0 spiro atoms. The Labute approximate surface area is 146 Å². The number of imidazole rings is 1. The summed E-state index contributed by atoms with van der Waals surface area (Å²) < 4.78 is 6.10. The van der Waals surface area contributed by atoms with Crippen molar-refractivity contribution in [1.82, 2.24) is 9.97 Å². The zero-order valence-corrected chi connectivity index (χ0v) is 14.3. The van der Waals surface area contributed by atoms with Crippen LogP contribution in [0.2, 0.25) is 0 Å². The number of rotatable bonds is 4. The van der Waals surface area contributed by atoms with Gasteiger partial charge in [-0.05, 0) is 19.4 Å². The van der Waals surface area contributed by atoms with Crippen LogP contribution in [0.3, 0.4) is 0 Å². The largest absolute Gasteiger partial charge is 0.488 e. The maximum Gasteiger partial charge on any atom is 0.138 e. The normalized spacial score (nSPS) is 12.0. The molecule has 0 unspecified atom stereocenters. The number of ether oxygens (including phenoxy) is 1. The Morgan fingerprint density at radius 3 is 2.40 bits per heavy atom. The fraction of sp³-hybridized carbons (Fsp3) is 0.190. The van der Waals surface area contributed by atoms with E-state index in [2.05, 4.69) is 9.97 Å². The minimum Gasteiger partial charge on any atom is -0.488 e. The van der Waals surface area contributed by atoms with Crippen molar-refractivity contribution in [3.63, 3.8) is 0 Å². The lowest BCUT2D eigenvalue weighted by Crippen LogP contribution is -2.17. The van der Waals surface area contributed by atoms with Gasteiger partial charge >= 0.3 is 0 Å². The minimum atomic E-state index is -1.02. The van der Waals surface area contributed by atoms with E-state index in [0.717, 1.165) is 33.1 Å². The molecule has 0 aliphatic rings. The van der Waals surface area contributed by atoms with Crippen LogP contribution >= 0.6 is 0 Å². The molecule has 0 radical (unpaired) electrons. The van der Waals surface area contributed by atoms with Crippen molar-refractivity contribution in [3.8, 4) is 5.75 Å². The van der Waals surface area contributed by atoms with Crippen LogP contribution < -0.4 is 4.74 Å². The quantitative estimate of drug-likeness (QED) is 0.577. The highest BCUT2D eigenvalue weighted by molar-refractivity contribution is 6.07. The van der Waals surface area contributed by atoms with E-state index in [4.69, 9.17) is 4.74 Å². The molecule has 0 bridgehead atoms. The van der Waals surface area contributed by atoms with Crippen molar-refractivity contribution in [2.45, 2.75) is 26.1 Å². The summed E-state index contributed by atoms with van der Waals surface area (Å²) in [5.74, 6) is 1.35. The number of aromatic nitrogens is 2. The minimum absolute atomic E-state index is 0.503. The molecule has 4 aromatic rings. The fourth-order valence-electron chi connectivity index (χ4n) is 2.95. The molecular formula is C21H20N2O2. The highest BCUT2D eigenvalue weighted by atomic mass is 16.5. The van der Waals surface area contributed by atoms with Crippen LogP contribution in [0.4, 0.5) is 0 Å². The molecule has 2 N–H and O–H groups in total. The highest BCUT2D eigenvalue weighted by Gasteiger charge is 2.22. The Balaban J connectivity index is 1.82. The van der Waals surface area contributed by atoms with E-state index in [9.17, 15) is 5.11 Å². The molecule has 0 atom stereocenters. The molecule has 25 heavy (non-hydrogen) atoms. The van der Waals surface area contributed by atoms with Crippen LogP contribution in [0.15, 0.2) is 60.7 Å². The molecule has 1 heterocycles. The second-order valence-corrected chi connectivity index (χ2v) is 6.74. The molecule has 3 aromatic carbocycles. The molecule has 4 rings (SSSR count). The number of fused-ring (bicyclic) bond motifs is 3. The fourth-order valence-corrected chi connectivity index (χ4v) is 2.95. The Hall–Kier alpha value is -2.85. The molecule has 0 fully saturated rings. The van der Waals surface area contributed by atoms with E-state index in [1.54, 1.807) is 13.8 Å². The molecule has 0 aliphatic heterocycles. The Morgan fingerprint density at radius 1 is 1.00 bits per heavy atom. The van der Waals surface area contributed by atoms with E-state index in [-0.39, 0.29) is 0 Å². The summed E-state index contributed by atoms with van der Waals surface area (Å²) in [5, 5.41) is 12.3. The van der Waals surface area contributed by atoms with Gasteiger partial charge in [-0.1, -0.05) is 54.6 Å². The van der Waals surface area contributed by atoms with Gasteiger partial charge in [-0.2, -0.15) is 0 Å². The van der Waals surface area contributed by atoms with Gasteiger partial charge in [0, 0.05) is 16.8 Å².